The van der Waals surface area contributed by atoms with Gasteiger partial charge in [0, 0.05) is 37.4 Å². The van der Waals surface area contributed by atoms with Crippen LogP contribution >= 0.6 is 0 Å². The standard InChI is InChI=1S/C27H41N3O2/c1-6-9-16-29(27(32)21-30(23(5)8-3)26(31)12-7-2)20-25-15-11-17-28(25)19-24-14-10-13-22(4)18-24/h10-11,13-15,17-18,23H,6-9,12,16,19-21H2,1-5H3/t23-/m1/s1. The van der Waals surface area contributed by atoms with Gasteiger partial charge in [-0.05, 0) is 50.8 Å². The van der Waals surface area contributed by atoms with Crippen LogP contribution in [0.3, 0.4) is 0 Å². The molecule has 0 aliphatic rings. The lowest BCUT2D eigenvalue weighted by molar-refractivity contribution is -0.142. The maximum atomic E-state index is 13.4. The molecule has 0 radical (unpaired) electrons. The number of hydrogen-bond acceptors (Lipinski definition) is 2. The number of nitrogens with zero attached hydrogens (tertiary/aromatic N) is 3. The Morgan fingerprint density at radius 1 is 1.03 bits per heavy atom. The SMILES string of the molecule is CCCCN(Cc1cccn1Cc1cccc(C)c1)C(=O)CN(C(=O)CCC)[C@H](C)CC. The molecule has 1 aromatic heterocycles. The summed E-state index contributed by atoms with van der Waals surface area (Å²) in [6, 6.07) is 12.7. The number of benzene rings is 1. The van der Waals surface area contributed by atoms with Crippen molar-refractivity contribution in [2.45, 2.75) is 85.9 Å². The van der Waals surface area contributed by atoms with Crippen LogP contribution in [0, 0.1) is 6.92 Å². The zero-order chi connectivity index (χ0) is 23.5. The summed E-state index contributed by atoms with van der Waals surface area (Å²) < 4.78 is 2.22. The van der Waals surface area contributed by atoms with Gasteiger partial charge in [0.25, 0.3) is 0 Å². The number of aryl methyl sites for hydroxylation is 1. The lowest BCUT2D eigenvalue weighted by Crippen LogP contribution is -2.46. The second-order valence-corrected chi connectivity index (χ2v) is 8.81. The summed E-state index contributed by atoms with van der Waals surface area (Å²) in [5, 5.41) is 0. The van der Waals surface area contributed by atoms with E-state index in [9.17, 15) is 9.59 Å². The van der Waals surface area contributed by atoms with E-state index in [0.29, 0.717) is 19.5 Å². The van der Waals surface area contributed by atoms with E-state index >= 15 is 0 Å². The molecule has 0 saturated carbocycles. The quantitative estimate of drug-likeness (QED) is 0.419. The number of aromatic nitrogens is 1. The third kappa shape index (κ3) is 7.54. The minimum atomic E-state index is 0.0338. The van der Waals surface area contributed by atoms with E-state index in [1.165, 1.54) is 11.1 Å². The van der Waals surface area contributed by atoms with E-state index < -0.39 is 0 Å². The highest BCUT2D eigenvalue weighted by Gasteiger charge is 2.24. The van der Waals surface area contributed by atoms with E-state index in [2.05, 4.69) is 61.9 Å². The van der Waals surface area contributed by atoms with Crippen molar-refractivity contribution >= 4 is 11.8 Å². The lowest BCUT2D eigenvalue weighted by Gasteiger charge is -2.31. The average molecular weight is 440 g/mol. The third-order valence-electron chi connectivity index (χ3n) is 6.06. The first-order valence-electron chi connectivity index (χ1n) is 12.2. The number of carbonyl (C=O) groups is 2. The molecule has 2 amide bonds. The first-order valence-corrected chi connectivity index (χ1v) is 12.2. The predicted molar refractivity (Wildman–Crippen MR) is 131 cm³/mol. The molecular weight excluding hydrogens is 398 g/mol. The number of rotatable bonds is 13. The fourth-order valence-corrected chi connectivity index (χ4v) is 3.90. The third-order valence-corrected chi connectivity index (χ3v) is 6.06. The van der Waals surface area contributed by atoms with Crippen molar-refractivity contribution in [2.75, 3.05) is 13.1 Å². The molecule has 0 unspecified atom stereocenters. The Balaban J connectivity index is 2.17. The Kier molecular flexibility index (Phi) is 10.5. The molecule has 0 aliphatic carbocycles. The van der Waals surface area contributed by atoms with Crippen LogP contribution in [-0.4, -0.2) is 45.3 Å². The van der Waals surface area contributed by atoms with Crippen molar-refractivity contribution in [1.82, 2.24) is 14.4 Å². The van der Waals surface area contributed by atoms with Crippen LogP contribution in [0.25, 0.3) is 0 Å². The molecule has 0 aliphatic heterocycles. The molecule has 1 aromatic carbocycles. The van der Waals surface area contributed by atoms with Crippen LogP contribution in [0.1, 0.15) is 76.6 Å². The second-order valence-electron chi connectivity index (χ2n) is 8.81. The molecule has 176 valence electrons. The topological polar surface area (TPSA) is 45.6 Å². The summed E-state index contributed by atoms with van der Waals surface area (Å²) in [4.78, 5) is 29.7. The van der Waals surface area contributed by atoms with Crippen molar-refractivity contribution in [3.63, 3.8) is 0 Å². The molecular formula is C27H41N3O2. The maximum absolute atomic E-state index is 13.4. The van der Waals surface area contributed by atoms with Gasteiger partial charge in [-0.2, -0.15) is 0 Å². The zero-order valence-electron chi connectivity index (χ0n) is 20.6. The average Bonchev–Trinajstić information content (AvgIpc) is 3.20. The van der Waals surface area contributed by atoms with Gasteiger partial charge in [-0.15, -0.1) is 0 Å². The van der Waals surface area contributed by atoms with Gasteiger partial charge in [0.15, 0.2) is 0 Å². The van der Waals surface area contributed by atoms with Gasteiger partial charge >= 0.3 is 0 Å². The van der Waals surface area contributed by atoms with Crippen LogP contribution < -0.4 is 0 Å². The van der Waals surface area contributed by atoms with Gasteiger partial charge in [0.1, 0.15) is 0 Å². The van der Waals surface area contributed by atoms with Crippen molar-refractivity contribution < 1.29 is 9.59 Å². The largest absolute Gasteiger partial charge is 0.345 e. The summed E-state index contributed by atoms with van der Waals surface area (Å²) in [5.74, 6) is 0.111. The van der Waals surface area contributed by atoms with Crippen LogP contribution in [0.2, 0.25) is 0 Å². The zero-order valence-corrected chi connectivity index (χ0v) is 20.6. The van der Waals surface area contributed by atoms with Crippen LogP contribution in [-0.2, 0) is 22.7 Å². The Morgan fingerprint density at radius 3 is 2.47 bits per heavy atom. The number of unbranched alkanes of at least 4 members (excludes halogenated alkanes) is 1. The minimum absolute atomic E-state index is 0.0338. The molecule has 5 nitrogen and oxygen atoms in total. The van der Waals surface area contributed by atoms with E-state index in [4.69, 9.17) is 0 Å². The normalized spacial score (nSPS) is 11.9. The fourth-order valence-electron chi connectivity index (χ4n) is 3.90. The van der Waals surface area contributed by atoms with Crippen molar-refractivity contribution in [3.8, 4) is 0 Å². The van der Waals surface area contributed by atoms with Gasteiger partial charge in [0.2, 0.25) is 11.8 Å². The highest BCUT2D eigenvalue weighted by atomic mass is 16.2. The fraction of sp³-hybridized carbons (Fsp3) is 0.556. The first-order chi connectivity index (χ1) is 15.4. The van der Waals surface area contributed by atoms with E-state index in [1.54, 1.807) is 4.90 Å². The van der Waals surface area contributed by atoms with Crippen molar-refractivity contribution in [3.05, 3.63) is 59.4 Å². The molecule has 2 aromatic rings. The molecule has 0 fully saturated rings. The van der Waals surface area contributed by atoms with Crippen LogP contribution in [0.5, 0.6) is 0 Å². The number of carbonyl (C=O) groups excluding carboxylic acids is 2. The van der Waals surface area contributed by atoms with Crippen molar-refractivity contribution in [1.29, 1.82) is 0 Å². The maximum Gasteiger partial charge on any atom is 0.242 e. The Labute approximate surface area is 194 Å². The lowest BCUT2D eigenvalue weighted by atomic mass is 10.1. The number of hydrogen-bond donors (Lipinski definition) is 0. The summed E-state index contributed by atoms with van der Waals surface area (Å²) in [5.41, 5.74) is 3.62. The molecule has 32 heavy (non-hydrogen) atoms. The second kappa shape index (κ2) is 13.1. The van der Waals surface area contributed by atoms with Gasteiger partial charge in [-0.25, -0.2) is 0 Å². The minimum Gasteiger partial charge on any atom is -0.345 e. The monoisotopic (exact) mass is 439 g/mol. The Morgan fingerprint density at radius 2 is 1.81 bits per heavy atom. The van der Waals surface area contributed by atoms with Gasteiger partial charge in [0.05, 0.1) is 13.1 Å². The van der Waals surface area contributed by atoms with Gasteiger partial charge in [-0.1, -0.05) is 57.0 Å². The smallest absolute Gasteiger partial charge is 0.242 e. The Bertz CT molecular complexity index is 858. The molecule has 0 N–H and O–H groups in total. The summed E-state index contributed by atoms with van der Waals surface area (Å²) in [6.07, 6.45) is 6.19. The van der Waals surface area contributed by atoms with E-state index in [0.717, 1.165) is 37.9 Å². The van der Waals surface area contributed by atoms with Gasteiger partial charge in [-0.3, -0.25) is 9.59 Å². The molecule has 0 saturated heterocycles. The molecule has 1 atom stereocenters. The van der Waals surface area contributed by atoms with Crippen molar-refractivity contribution in [2.24, 2.45) is 0 Å². The summed E-state index contributed by atoms with van der Waals surface area (Å²) in [6.45, 7) is 12.6. The van der Waals surface area contributed by atoms with Gasteiger partial charge < -0.3 is 14.4 Å². The molecule has 1 heterocycles. The summed E-state index contributed by atoms with van der Waals surface area (Å²) >= 11 is 0. The summed E-state index contributed by atoms with van der Waals surface area (Å²) in [7, 11) is 0. The molecule has 0 bridgehead atoms. The number of amides is 2. The molecule has 0 spiro atoms. The van der Waals surface area contributed by atoms with E-state index in [-0.39, 0.29) is 24.4 Å². The van der Waals surface area contributed by atoms with E-state index in [1.807, 2.05) is 24.8 Å². The highest BCUT2D eigenvalue weighted by Crippen LogP contribution is 2.14. The Hall–Kier alpha value is -2.56. The highest BCUT2D eigenvalue weighted by molar-refractivity contribution is 5.85. The van der Waals surface area contributed by atoms with Crippen LogP contribution in [0.15, 0.2) is 42.6 Å². The van der Waals surface area contributed by atoms with Crippen LogP contribution in [0.4, 0.5) is 0 Å². The first kappa shape index (κ1) is 25.7. The molecule has 2 rings (SSSR count). The predicted octanol–water partition coefficient (Wildman–Crippen LogP) is 5.40. The molecule has 5 heteroatoms.